The van der Waals surface area contributed by atoms with Crippen molar-refractivity contribution in [3.8, 4) is 0 Å². The molecule has 1 aromatic rings. The predicted molar refractivity (Wildman–Crippen MR) is 59.4 cm³/mol. The Bertz CT molecular complexity index is 405. The number of carbonyl (C=O) groups is 1. The van der Waals surface area contributed by atoms with E-state index in [4.69, 9.17) is 0 Å². The fourth-order valence-corrected chi connectivity index (χ4v) is 1.79. The molecule has 0 bridgehead atoms. The van der Waals surface area contributed by atoms with Crippen molar-refractivity contribution in [1.29, 1.82) is 0 Å². The van der Waals surface area contributed by atoms with Gasteiger partial charge in [0.1, 0.15) is 0 Å². The maximum absolute atomic E-state index is 13.6. The Morgan fingerprint density at radius 1 is 1.50 bits per heavy atom. The normalized spacial score (nSPS) is 11.3. The first-order valence-corrected chi connectivity index (χ1v) is 5.50. The molecule has 0 saturated carbocycles. The van der Waals surface area contributed by atoms with E-state index in [-0.39, 0.29) is 12.2 Å². The van der Waals surface area contributed by atoms with E-state index < -0.39 is 11.9 Å². The molecule has 5 heteroatoms. The van der Waals surface area contributed by atoms with E-state index in [0.717, 1.165) is 0 Å². The lowest BCUT2D eigenvalue weighted by molar-refractivity contribution is -0.173. The van der Waals surface area contributed by atoms with Crippen molar-refractivity contribution in [2.24, 2.45) is 0 Å². The molecule has 0 fully saturated rings. The molecule has 16 heavy (non-hydrogen) atoms. The van der Waals surface area contributed by atoms with Crippen LogP contribution in [-0.2, 0) is 15.5 Å². The van der Waals surface area contributed by atoms with Gasteiger partial charge in [-0.25, -0.2) is 4.79 Å². The molecule has 0 aliphatic heterocycles. The van der Waals surface area contributed by atoms with Crippen molar-refractivity contribution in [2.45, 2.75) is 19.8 Å². The molecule has 2 nitrogen and oxygen atoms in total. The Morgan fingerprint density at radius 3 is 2.62 bits per heavy atom. The molecule has 0 radical (unpaired) electrons. The van der Waals surface area contributed by atoms with Crippen LogP contribution in [0.5, 0.6) is 0 Å². The number of esters is 1. The second-order valence-electron chi connectivity index (χ2n) is 3.25. The first-order valence-electron chi connectivity index (χ1n) is 4.71. The Kier molecular flexibility index (Phi) is 4.02. The highest BCUT2D eigenvalue weighted by atomic mass is 79.9. The number of benzene rings is 1. The SMILES string of the molecule is CCOC(=O)C(F)(F)c1ccc(Br)cc1C. The molecular weight excluding hydrogens is 282 g/mol. The van der Waals surface area contributed by atoms with Crippen LogP contribution in [0.1, 0.15) is 18.1 Å². The molecule has 0 aromatic heterocycles. The Labute approximate surface area is 101 Å². The molecule has 0 atom stereocenters. The summed E-state index contributed by atoms with van der Waals surface area (Å²) >= 11 is 3.17. The number of hydrogen-bond donors (Lipinski definition) is 0. The minimum absolute atomic E-state index is 0.0655. The van der Waals surface area contributed by atoms with E-state index in [1.807, 2.05) is 0 Å². The van der Waals surface area contributed by atoms with Crippen LogP contribution < -0.4 is 0 Å². The van der Waals surface area contributed by atoms with Crippen molar-refractivity contribution in [1.82, 2.24) is 0 Å². The molecule has 0 N–H and O–H groups in total. The predicted octanol–water partition coefficient (Wildman–Crippen LogP) is 3.41. The van der Waals surface area contributed by atoms with Crippen LogP contribution in [0.4, 0.5) is 8.78 Å². The van der Waals surface area contributed by atoms with E-state index in [1.54, 1.807) is 0 Å². The average Bonchev–Trinajstić information content (AvgIpc) is 2.17. The summed E-state index contributed by atoms with van der Waals surface area (Å²) in [5.74, 6) is -5.11. The average molecular weight is 293 g/mol. The first kappa shape index (κ1) is 13.1. The molecule has 1 rings (SSSR count). The molecular formula is C11H11BrF2O2. The van der Waals surface area contributed by atoms with E-state index in [2.05, 4.69) is 20.7 Å². The van der Waals surface area contributed by atoms with Gasteiger partial charge in [-0.1, -0.05) is 22.0 Å². The van der Waals surface area contributed by atoms with Gasteiger partial charge >= 0.3 is 11.9 Å². The lowest BCUT2D eigenvalue weighted by Crippen LogP contribution is -2.29. The summed E-state index contributed by atoms with van der Waals surface area (Å²) in [4.78, 5) is 11.1. The van der Waals surface area contributed by atoms with Crippen LogP contribution in [0.2, 0.25) is 0 Å². The van der Waals surface area contributed by atoms with Gasteiger partial charge in [-0.15, -0.1) is 0 Å². The Balaban J connectivity index is 3.11. The van der Waals surface area contributed by atoms with E-state index >= 15 is 0 Å². The summed E-state index contributed by atoms with van der Waals surface area (Å²) in [5.41, 5.74) is 0.0154. The molecule has 0 aliphatic rings. The number of carbonyl (C=O) groups excluding carboxylic acids is 1. The van der Waals surface area contributed by atoms with Crippen LogP contribution >= 0.6 is 15.9 Å². The van der Waals surface area contributed by atoms with Gasteiger partial charge in [0.05, 0.1) is 6.61 Å². The van der Waals surface area contributed by atoms with E-state index in [0.29, 0.717) is 10.0 Å². The number of ether oxygens (including phenoxy) is 1. The summed E-state index contributed by atoms with van der Waals surface area (Å²) in [6.07, 6.45) is 0. The summed E-state index contributed by atoms with van der Waals surface area (Å²) in [6, 6.07) is 4.22. The lowest BCUT2D eigenvalue weighted by atomic mass is 10.0. The summed E-state index contributed by atoms with van der Waals surface area (Å²) in [5, 5.41) is 0. The number of alkyl halides is 2. The highest BCUT2D eigenvalue weighted by Gasteiger charge is 2.43. The summed E-state index contributed by atoms with van der Waals surface area (Å²) < 4.78 is 32.3. The van der Waals surface area contributed by atoms with E-state index in [9.17, 15) is 13.6 Å². The Hall–Kier alpha value is -0.970. The van der Waals surface area contributed by atoms with Crippen molar-refractivity contribution >= 4 is 21.9 Å². The molecule has 1 aromatic carbocycles. The third-order valence-corrected chi connectivity index (χ3v) is 2.55. The standard InChI is InChI=1S/C11H11BrF2O2/c1-3-16-10(15)11(13,14)9-5-4-8(12)6-7(9)2/h4-6H,3H2,1-2H3. The van der Waals surface area contributed by atoms with Gasteiger partial charge in [-0.3, -0.25) is 0 Å². The monoisotopic (exact) mass is 292 g/mol. The third kappa shape index (κ3) is 2.58. The smallest absolute Gasteiger partial charge is 0.381 e. The highest BCUT2D eigenvalue weighted by molar-refractivity contribution is 9.10. The largest absolute Gasteiger partial charge is 0.461 e. The molecule has 0 saturated heterocycles. The Morgan fingerprint density at radius 2 is 2.12 bits per heavy atom. The lowest BCUT2D eigenvalue weighted by Gasteiger charge is -2.17. The van der Waals surface area contributed by atoms with Crippen LogP contribution in [0, 0.1) is 6.92 Å². The summed E-state index contributed by atoms with van der Waals surface area (Å²) in [7, 11) is 0. The van der Waals surface area contributed by atoms with Crippen molar-refractivity contribution in [3.05, 3.63) is 33.8 Å². The zero-order chi connectivity index (χ0) is 12.3. The minimum atomic E-state index is -3.60. The van der Waals surface area contributed by atoms with Crippen LogP contribution in [-0.4, -0.2) is 12.6 Å². The second-order valence-corrected chi connectivity index (χ2v) is 4.17. The van der Waals surface area contributed by atoms with Gasteiger partial charge in [-0.05, 0) is 31.5 Å². The molecule has 0 aliphatic carbocycles. The van der Waals surface area contributed by atoms with Crippen LogP contribution in [0.3, 0.4) is 0 Å². The van der Waals surface area contributed by atoms with Gasteiger partial charge in [0.15, 0.2) is 0 Å². The number of halogens is 3. The topological polar surface area (TPSA) is 26.3 Å². The maximum atomic E-state index is 13.6. The van der Waals surface area contributed by atoms with Crippen LogP contribution in [0.25, 0.3) is 0 Å². The summed E-state index contributed by atoms with van der Waals surface area (Å²) in [6.45, 7) is 2.94. The molecule has 0 unspecified atom stereocenters. The minimum Gasteiger partial charge on any atom is -0.461 e. The molecule has 0 spiro atoms. The van der Waals surface area contributed by atoms with Crippen molar-refractivity contribution < 1.29 is 18.3 Å². The fourth-order valence-electron chi connectivity index (χ4n) is 1.31. The van der Waals surface area contributed by atoms with Gasteiger partial charge < -0.3 is 4.74 Å². The number of rotatable bonds is 3. The molecule has 0 heterocycles. The van der Waals surface area contributed by atoms with Gasteiger partial charge in [0.25, 0.3) is 0 Å². The van der Waals surface area contributed by atoms with Crippen LogP contribution in [0.15, 0.2) is 22.7 Å². The quantitative estimate of drug-likeness (QED) is 0.798. The van der Waals surface area contributed by atoms with Gasteiger partial charge in [-0.2, -0.15) is 8.78 Å². The zero-order valence-electron chi connectivity index (χ0n) is 8.89. The van der Waals surface area contributed by atoms with Gasteiger partial charge in [0, 0.05) is 10.0 Å². The fraction of sp³-hybridized carbons (Fsp3) is 0.364. The van der Waals surface area contributed by atoms with Crippen molar-refractivity contribution in [3.63, 3.8) is 0 Å². The molecule has 0 amide bonds. The third-order valence-electron chi connectivity index (χ3n) is 2.06. The number of hydrogen-bond acceptors (Lipinski definition) is 2. The highest BCUT2D eigenvalue weighted by Crippen LogP contribution is 2.33. The maximum Gasteiger partial charge on any atom is 0.381 e. The second kappa shape index (κ2) is 4.91. The zero-order valence-corrected chi connectivity index (χ0v) is 10.5. The van der Waals surface area contributed by atoms with Gasteiger partial charge in [0.2, 0.25) is 0 Å². The first-order chi connectivity index (χ1) is 7.39. The molecule has 88 valence electrons. The number of aryl methyl sites for hydroxylation is 1. The van der Waals surface area contributed by atoms with Crippen molar-refractivity contribution in [2.75, 3.05) is 6.61 Å². The van der Waals surface area contributed by atoms with E-state index in [1.165, 1.54) is 32.0 Å².